The molecule has 1 aliphatic carbocycles. The fourth-order valence-electron chi connectivity index (χ4n) is 4.94. The van der Waals surface area contributed by atoms with E-state index in [2.05, 4.69) is 40.0 Å². The highest BCUT2D eigenvalue weighted by molar-refractivity contribution is 9.10. The van der Waals surface area contributed by atoms with E-state index in [0.29, 0.717) is 6.54 Å². The minimum Gasteiger partial charge on any atom is -0.343 e. The topological polar surface area (TPSA) is 71.6 Å². The van der Waals surface area contributed by atoms with E-state index < -0.39 is 6.04 Å². The van der Waals surface area contributed by atoms with Gasteiger partial charge in [-0.3, -0.25) is 19.1 Å². The van der Waals surface area contributed by atoms with Crippen molar-refractivity contribution in [3.8, 4) is 0 Å². The molecule has 0 fully saturated rings. The number of carbonyl (C=O) groups is 2. The van der Waals surface area contributed by atoms with Gasteiger partial charge in [-0.2, -0.15) is 0 Å². The van der Waals surface area contributed by atoms with Gasteiger partial charge in [-0.05, 0) is 72.9 Å². The third-order valence-corrected chi connectivity index (χ3v) is 7.33. The second-order valence-corrected chi connectivity index (χ2v) is 9.08. The van der Waals surface area contributed by atoms with Crippen LogP contribution in [0.15, 0.2) is 28.9 Å². The number of hydrogen-bond donors (Lipinski definition) is 1. The van der Waals surface area contributed by atoms with E-state index in [9.17, 15) is 9.59 Å². The summed E-state index contributed by atoms with van der Waals surface area (Å²) in [5.74, 6) is -0.104. The number of hydrogen-bond acceptors (Lipinski definition) is 4. The largest absolute Gasteiger partial charge is 0.343 e. The van der Waals surface area contributed by atoms with Crippen molar-refractivity contribution in [3.63, 3.8) is 0 Å². The molecule has 1 aromatic carbocycles. The molecule has 0 spiro atoms. The van der Waals surface area contributed by atoms with E-state index in [-0.39, 0.29) is 23.8 Å². The quantitative estimate of drug-likeness (QED) is 0.741. The van der Waals surface area contributed by atoms with Gasteiger partial charge in [0, 0.05) is 31.1 Å². The molecule has 6 nitrogen and oxygen atoms in total. The number of halogens is 1. The Labute approximate surface area is 185 Å². The van der Waals surface area contributed by atoms with Crippen molar-refractivity contribution in [3.05, 3.63) is 40.0 Å². The predicted molar refractivity (Wildman–Crippen MR) is 123 cm³/mol. The molecule has 0 radical (unpaired) electrons. The second-order valence-electron chi connectivity index (χ2n) is 8.33. The lowest BCUT2D eigenvalue weighted by molar-refractivity contribution is -0.134. The first-order chi connectivity index (χ1) is 14.3. The van der Waals surface area contributed by atoms with Crippen molar-refractivity contribution in [1.82, 2.24) is 14.4 Å². The van der Waals surface area contributed by atoms with Gasteiger partial charge in [-0.15, -0.1) is 0 Å². The summed E-state index contributed by atoms with van der Waals surface area (Å²) in [6, 6.07) is 5.66. The third kappa shape index (κ3) is 3.15. The van der Waals surface area contributed by atoms with Crippen LogP contribution in [-0.4, -0.2) is 64.9 Å². The zero-order chi connectivity index (χ0) is 21.7. The lowest BCUT2D eigenvalue weighted by Gasteiger charge is -2.40. The number of rotatable bonds is 4. The fraction of sp³-hybridized carbons (Fsp3) is 0.478. The zero-order valence-corrected chi connectivity index (χ0v) is 19.6. The summed E-state index contributed by atoms with van der Waals surface area (Å²) in [7, 11) is 2.09. The first-order valence-electron chi connectivity index (χ1n) is 10.6. The van der Waals surface area contributed by atoms with Gasteiger partial charge < -0.3 is 10.6 Å². The van der Waals surface area contributed by atoms with Crippen molar-refractivity contribution in [1.29, 1.82) is 0 Å². The summed E-state index contributed by atoms with van der Waals surface area (Å²) in [4.78, 5) is 30.1. The van der Waals surface area contributed by atoms with Gasteiger partial charge in [0.25, 0.3) is 0 Å². The lowest BCUT2D eigenvalue weighted by atomic mass is 9.79. The molecule has 2 aliphatic rings. The summed E-state index contributed by atoms with van der Waals surface area (Å²) in [5, 5.41) is 1.09. The van der Waals surface area contributed by atoms with Crippen molar-refractivity contribution in [2.75, 3.05) is 26.7 Å². The first-order valence-corrected chi connectivity index (χ1v) is 11.4. The van der Waals surface area contributed by atoms with Crippen molar-refractivity contribution in [2.24, 2.45) is 11.7 Å². The van der Waals surface area contributed by atoms with Crippen LogP contribution in [0.2, 0.25) is 0 Å². The van der Waals surface area contributed by atoms with E-state index in [1.54, 1.807) is 11.5 Å². The molecule has 3 atom stereocenters. The van der Waals surface area contributed by atoms with E-state index in [1.165, 1.54) is 5.57 Å². The maximum absolute atomic E-state index is 13.1. The Kier molecular flexibility index (Phi) is 5.64. The molecule has 0 bridgehead atoms. The minimum absolute atomic E-state index is 0.128. The summed E-state index contributed by atoms with van der Waals surface area (Å²) < 4.78 is 2.50. The van der Waals surface area contributed by atoms with Crippen LogP contribution in [0.25, 0.3) is 16.5 Å². The highest BCUT2D eigenvalue weighted by atomic mass is 79.9. The van der Waals surface area contributed by atoms with Crippen LogP contribution in [0.3, 0.4) is 0 Å². The molecule has 0 saturated heterocycles. The molecule has 1 aromatic heterocycles. The number of fused-ring (bicyclic) bond motifs is 2. The van der Waals surface area contributed by atoms with Crippen LogP contribution in [0.5, 0.6) is 0 Å². The van der Waals surface area contributed by atoms with Crippen molar-refractivity contribution in [2.45, 2.75) is 39.3 Å². The molecule has 2 heterocycles. The van der Waals surface area contributed by atoms with Crippen LogP contribution >= 0.6 is 15.9 Å². The molecular formula is C23H29BrN4O2. The van der Waals surface area contributed by atoms with E-state index in [0.717, 1.165) is 46.1 Å². The predicted octanol–water partition coefficient (Wildman–Crippen LogP) is 3.13. The monoisotopic (exact) mass is 472 g/mol. The maximum Gasteiger partial charge on any atom is 0.248 e. The molecule has 160 valence electrons. The summed E-state index contributed by atoms with van der Waals surface area (Å²) in [6.45, 7) is 7.89. The number of likely N-dealkylation sites (N-methyl/N-ethyl adjacent to an activating group) is 1. The Morgan fingerprint density at radius 2 is 2.00 bits per heavy atom. The number of nitrogens with two attached hydrogens (primary N) is 1. The number of carbonyl (C=O) groups excluding carboxylic acids is 2. The highest BCUT2D eigenvalue weighted by Gasteiger charge is 2.38. The van der Waals surface area contributed by atoms with Gasteiger partial charge >= 0.3 is 0 Å². The minimum atomic E-state index is -0.589. The SMILES string of the molecule is CCN(CC)C(=O)C1C=C2c3cccc4c3c(c(Br)n4C(=O)C(C)N)CC2N(C)C1. The standard InChI is InChI=1S/C23H29BrN4O2/c1-5-27(6-2)23(30)14-10-16-15-8-7-9-18-20(15)17(11-19(16)26(4)12-14)21(24)28(18)22(29)13(3)25/h7-10,13-14,19H,5-6,11-12,25H2,1-4H3. The van der Waals surface area contributed by atoms with Gasteiger partial charge in [-0.25, -0.2) is 0 Å². The lowest BCUT2D eigenvalue weighted by Crippen LogP contribution is -2.47. The van der Waals surface area contributed by atoms with Gasteiger partial charge in [0.2, 0.25) is 11.8 Å². The average molecular weight is 473 g/mol. The van der Waals surface area contributed by atoms with Crippen LogP contribution in [0.1, 0.15) is 36.7 Å². The van der Waals surface area contributed by atoms with Gasteiger partial charge in [-0.1, -0.05) is 18.2 Å². The Hall–Kier alpha value is -1.96. The summed E-state index contributed by atoms with van der Waals surface area (Å²) in [6.07, 6.45) is 2.96. The smallest absolute Gasteiger partial charge is 0.248 e. The molecule has 2 aromatic rings. The molecule has 2 N–H and O–H groups in total. The number of nitrogens with zero attached hydrogens (tertiary/aromatic N) is 3. The summed E-state index contributed by atoms with van der Waals surface area (Å²) in [5.41, 5.74) is 10.2. The Morgan fingerprint density at radius 3 is 2.63 bits per heavy atom. The van der Waals surface area contributed by atoms with Crippen LogP contribution in [-0.2, 0) is 11.2 Å². The normalized spacial score (nSPS) is 21.9. The number of benzene rings is 1. The molecule has 1 amide bonds. The van der Waals surface area contributed by atoms with Gasteiger partial charge in [0.15, 0.2) is 0 Å². The Bertz CT molecular complexity index is 1050. The van der Waals surface area contributed by atoms with Gasteiger partial charge in [0.1, 0.15) is 0 Å². The Morgan fingerprint density at radius 1 is 1.30 bits per heavy atom. The van der Waals surface area contributed by atoms with E-state index >= 15 is 0 Å². The van der Waals surface area contributed by atoms with Crippen LogP contribution in [0.4, 0.5) is 0 Å². The molecule has 4 rings (SSSR count). The molecule has 7 heteroatoms. The first kappa shape index (κ1) is 21.3. The molecule has 0 saturated carbocycles. The molecule has 3 unspecified atom stereocenters. The zero-order valence-electron chi connectivity index (χ0n) is 18.0. The fourth-order valence-corrected chi connectivity index (χ4v) is 5.66. The summed E-state index contributed by atoms with van der Waals surface area (Å²) >= 11 is 3.69. The van der Waals surface area contributed by atoms with Gasteiger partial charge in [0.05, 0.1) is 22.1 Å². The van der Waals surface area contributed by atoms with E-state index in [4.69, 9.17) is 5.73 Å². The second kappa shape index (κ2) is 7.94. The van der Waals surface area contributed by atoms with Crippen LogP contribution < -0.4 is 5.73 Å². The number of aromatic nitrogens is 1. The van der Waals surface area contributed by atoms with Crippen molar-refractivity contribution >= 4 is 44.2 Å². The molecular weight excluding hydrogens is 444 g/mol. The maximum atomic E-state index is 13.1. The third-order valence-electron chi connectivity index (χ3n) is 6.50. The van der Waals surface area contributed by atoms with Crippen molar-refractivity contribution < 1.29 is 9.59 Å². The highest BCUT2D eigenvalue weighted by Crippen LogP contribution is 2.44. The number of amides is 1. The van der Waals surface area contributed by atoms with Crippen LogP contribution in [0, 0.1) is 5.92 Å². The van der Waals surface area contributed by atoms with E-state index in [1.807, 2.05) is 30.9 Å². The Balaban J connectivity index is 1.88. The molecule has 1 aliphatic heterocycles. The average Bonchev–Trinajstić information content (AvgIpc) is 3.01. The molecule has 30 heavy (non-hydrogen) atoms.